The van der Waals surface area contributed by atoms with Crippen LogP contribution in [0, 0.1) is 35.5 Å². The van der Waals surface area contributed by atoms with Crippen LogP contribution >= 0.6 is 0 Å². The van der Waals surface area contributed by atoms with Gasteiger partial charge >= 0.3 is 0 Å². The highest BCUT2D eigenvalue weighted by molar-refractivity contribution is 5.14. The molecule has 0 heteroatoms. The Morgan fingerprint density at radius 1 is 0.696 bits per heavy atom. The van der Waals surface area contributed by atoms with Crippen molar-refractivity contribution in [2.75, 3.05) is 0 Å². The van der Waals surface area contributed by atoms with Crippen LogP contribution in [0.2, 0.25) is 0 Å². The van der Waals surface area contributed by atoms with Crippen molar-refractivity contribution in [2.24, 2.45) is 23.7 Å². The Kier molecular flexibility index (Phi) is 16.4. The summed E-state index contributed by atoms with van der Waals surface area (Å²) in [5, 5.41) is 0. The quantitative estimate of drug-likeness (QED) is 0.515. The van der Waals surface area contributed by atoms with E-state index in [1.807, 2.05) is 0 Å². The van der Waals surface area contributed by atoms with Gasteiger partial charge in [-0.25, -0.2) is 0 Å². The van der Waals surface area contributed by atoms with Gasteiger partial charge in [-0.1, -0.05) is 99.1 Å². The highest BCUT2D eigenvalue weighted by Gasteiger charge is 1.94. The lowest BCUT2D eigenvalue weighted by Crippen LogP contribution is -1.92. The second-order valence-electron chi connectivity index (χ2n) is 7.48. The van der Waals surface area contributed by atoms with Gasteiger partial charge in [-0.15, -0.1) is 11.8 Å². The molecule has 0 heterocycles. The zero-order valence-electron chi connectivity index (χ0n) is 17.1. The molecule has 0 aliphatic carbocycles. The summed E-state index contributed by atoms with van der Waals surface area (Å²) >= 11 is 0. The summed E-state index contributed by atoms with van der Waals surface area (Å²) in [6.45, 7) is 19.6. The van der Waals surface area contributed by atoms with Gasteiger partial charge in [-0.2, -0.15) is 0 Å². The summed E-state index contributed by atoms with van der Waals surface area (Å²) in [7, 11) is 0. The molecule has 0 bridgehead atoms. The average molecular weight is 317 g/mol. The molecule has 0 radical (unpaired) electrons. The maximum Gasteiger partial charge on any atom is 0.0146 e. The highest BCUT2D eigenvalue weighted by Crippen LogP contribution is 2.06. The molecule has 0 unspecified atom stereocenters. The van der Waals surface area contributed by atoms with Gasteiger partial charge in [-0.3, -0.25) is 0 Å². The first-order chi connectivity index (χ1) is 10.7. The SMILES string of the molecule is CC(C)C#CC(C)C.CC(C)Cc1ccccc1.CCC(C)C. The Bertz CT molecular complexity index is 387. The molecule has 0 nitrogen and oxygen atoms in total. The highest BCUT2D eigenvalue weighted by atomic mass is 14.0. The van der Waals surface area contributed by atoms with Crippen LogP contribution < -0.4 is 0 Å². The molecule has 0 fully saturated rings. The van der Waals surface area contributed by atoms with Crippen molar-refractivity contribution in [3.63, 3.8) is 0 Å². The summed E-state index contributed by atoms with van der Waals surface area (Å²) in [6.07, 6.45) is 2.50. The lowest BCUT2D eigenvalue weighted by atomic mass is 10.0. The van der Waals surface area contributed by atoms with Crippen LogP contribution in [0.1, 0.15) is 74.3 Å². The summed E-state index contributed by atoms with van der Waals surface area (Å²) in [4.78, 5) is 0. The molecule has 0 N–H and O–H groups in total. The molecule has 0 aromatic heterocycles. The van der Waals surface area contributed by atoms with E-state index in [0.717, 1.165) is 11.8 Å². The van der Waals surface area contributed by atoms with Gasteiger partial charge in [0, 0.05) is 11.8 Å². The van der Waals surface area contributed by atoms with Gasteiger partial charge < -0.3 is 0 Å². The predicted molar refractivity (Wildman–Crippen MR) is 108 cm³/mol. The zero-order valence-corrected chi connectivity index (χ0v) is 17.1. The van der Waals surface area contributed by atoms with E-state index in [1.54, 1.807) is 0 Å². The van der Waals surface area contributed by atoms with Crippen molar-refractivity contribution in [3.05, 3.63) is 35.9 Å². The molecule has 23 heavy (non-hydrogen) atoms. The van der Waals surface area contributed by atoms with Crippen LogP contribution in [0.3, 0.4) is 0 Å². The van der Waals surface area contributed by atoms with E-state index < -0.39 is 0 Å². The minimum Gasteiger partial charge on any atom is -0.100 e. The molecule has 1 aromatic rings. The first-order valence-electron chi connectivity index (χ1n) is 9.23. The monoisotopic (exact) mass is 316 g/mol. The molecule has 0 aliphatic heterocycles. The average Bonchev–Trinajstić information content (AvgIpc) is 2.47. The Labute approximate surface area is 147 Å². The third kappa shape index (κ3) is 23.2. The van der Waals surface area contributed by atoms with Crippen LogP contribution in [-0.4, -0.2) is 0 Å². The fraction of sp³-hybridized carbons (Fsp3) is 0.652. The molecular weight excluding hydrogens is 276 g/mol. The zero-order chi connectivity index (χ0) is 18.3. The minimum absolute atomic E-state index is 0.525. The second-order valence-corrected chi connectivity index (χ2v) is 7.48. The second kappa shape index (κ2) is 15.7. The Morgan fingerprint density at radius 3 is 1.35 bits per heavy atom. The van der Waals surface area contributed by atoms with Crippen molar-refractivity contribution in [2.45, 2.75) is 75.2 Å². The Hall–Kier alpha value is -1.22. The molecule has 0 saturated heterocycles. The Morgan fingerprint density at radius 2 is 1.09 bits per heavy atom. The maximum atomic E-state index is 3.09. The van der Waals surface area contributed by atoms with Gasteiger partial charge in [0.15, 0.2) is 0 Å². The van der Waals surface area contributed by atoms with Gasteiger partial charge in [0.25, 0.3) is 0 Å². The summed E-state index contributed by atoms with van der Waals surface area (Å²) < 4.78 is 0. The molecule has 0 amide bonds. The molecule has 0 atom stereocenters. The van der Waals surface area contributed by atoms with Crippen LogP contribution in [0.15, 0.2) is 30.3 Å². The van der Waals surface area contributed by atoms with Gasteiger partial charge in [0.1, 0.15) is 0 Å². The predicted octanol–water partition coefficient (Wildman–Crippen LogP) is 7.24. The summed E-state index contributed by atoms with van der Waals surface area (Å²) in [5.41, 5.74) is 1.44. The first-order valence-corrected chi connectivity index (χ1v) is 9.23. The van der Waals surface area contributed by atoms with E-state index in [-0.39, 0.29) is 0 Å². The van der Waals surface area contributed by atoms with Gasteiger partial charge in [0.05, 0.1) is 0 Å². The van der Waals surface area contributed by atoms with E-state index in [4.69, 9.17) is 0 Å². The standard InChI is InChI=1S/C10H14.C8H14.C5H12/c1-9(2)8-10-6-4-3-5-7-10;1-7(2)5-6-8(3)4;1-4-5(2)3/h3-7,9H,8H2,1-2H3;7-8H,1-4H3;5H,4H2,1-3H3. The Balaban J connectivity index is 0. The van der Waals surface area contributed by atoms with Crippen molar-refractivity contribution < 1.29 is 0 Å². The van der Waals surface area contributed by atoms with E-state index in [9.17, 15) is 0 Å². The van der Waals surface area contributed by atoms with Gasteiger partial charge in [0.2, 0.25) is 0 Å². The third-order valence-electron chi connectivity index (χ3n) is 2.96. The van der Waals surface area contributed by atoms with Crippen LogP contribution in [0.4, 0.5) is 0 Å². The van der Waals surface area contributed by atoms with E-state index in [1.165, 1.54) is 18.4 Å². The molecule has 0 aliphatic rings. The lowest BCUT2D eigenvalue weighted by Gasteiger charge is -2.02. The number of benzene rings is 1. The number of hydrogen-bond acceptors (Lipinski definition) is 0. The van der Waals surface area contributed by atoms with Crippen molar-refractivity contribution in [1.82, 2.24) is 0 Å². The molecule has 0 spiro atoms. The smallest absolute Gasteiger partial charge is 0.0146 e. The van der Waals surface area contributed by atoms with Crippen molar-refractivity contribution in [1.29, 1.82) is 0 Å². The molecule has 1 rings (SSSR count). The van der Waals surface area contributed by atoms with E-state index in [0.29, 0.717) is 11.8 Å². The molecule has 0 saturated carbocycles. The molecule has 132 valence electrons. The number of hydrogen-bond donors (Lipinski definition) is 0. The van der Waals surface area contributed by atoms with Crippen LogP contribution in [-0.2, 0) is 6.42 Å². The maximum absolute atomic E-state index is 3.09. The minimum atomic E-state index is 0.525. The number of rotatable bonds is 3. The normalized spacial score (nSPS) is 9.78. The topological polar surface area (TPSA) is 0 Å². The fourth-order valence-electron chi connectivity index (χ4n) is 1.42. The van der Waals surface area contributed by atoms with Crippen LogP contribution in [0.25, 0.3) is 0 Å². The fourth-order valence-corrected chi connectivity index (χ4v) is 1.42. The van der Waals surface area contributed by atoms with E-state index >= 15 is 0 Å². The largest absolute Gasteiger partial charge is 0.100 e. The lowest BCUT2D eigenvalue weighted by molar-refractivity contribution is 0.626. The van der Waals surface area contributed by atoms with Gasteiger partial charge in [-0.05, 0) is 23.8 Å². The van der Waals surface area contributed by atoms with Crippen molar-refractivity contribution >= 4 is 0 Å². The van der Waals surface area contributed by atoms with Crippen LogP contribution in [0.5, 0.6) is 0 Å². The third-order valence-corrected chi connectivity index (χ3v) is 2.96. The molecule has 1 aromatic carbocycles. The first kappa shape index (κ1) is 24.0. The summed E-state index contributed by atoms with van der Waals surface area (Å²) in [5.74, 6) is 8.89. The molecular formula is C23H40. The van der Waals surface area contributed by atoms with E-state index in [2.05, 4.69) is 104 Å². The van der Waals surface area contributed by atoms with Crippen molar-refractivity contribution in [3.8, 4) is 11.8 Å². The summed E-state index contributed by atoms with van der Waals surface area (Å²) in [6, 6.07) is 10.6.